The number of hydrogen-bond donors (Lipinski definition) is 1. The molecule has 0 bridgehead atoms. The first-order valence-corrected chi connectivity index (χ1v) is 7.48. The summed E-state index contributed by atoms with van der Waals surface area (Å²) in [6.45, 7) is 5.49. The Morgan fingerprint density at radius 2 is 1.78 bits per heavy atom. The highest BCUT2D eigenvalue weighted by Crippen LogP contribution is 2.24. The molecular formula is C18H22N2O3. The number of aromatic nitrogens is 1. The third kappa shape index (κ3) is 3.13. The molecule has 2 rings (SSSR count). The lowest BCUT2D eigenvalue weighted by Crippen LogP contribution is -2.30. The second kappa shape index (κ2) is 6.69. The maximum absolute atomic E-state index is 12.8. The zero-order valence-corrected chi connectivity index (χ0v) is 14.1. The van der Waals surface area contributed by atoms with Crippen LogP contribution in [0, 0.1) is 13.8 Å². The van der Waals surface area contributed by atoms with E-state index in [1.807, 2.05) is 37.3 Å². The lowest BCUT2D eigenvalue weighted by Gasteiger charge is -2.25. The van der Waals surface area contributed by atoms with Crippen molar-refractivity contribution in [2.75, 3.05) is 14.2 Å². The van der Waals surface area contributed by atoms with Crippen LogP contribution in [-0.2, 0) is 4.74 Å². The van der Waals surface area contributed by atoms with Gasteiger partial charge in [-0.05, 0) is 31.9 Å². The van der Waals surface area contributed by atoms with Crippen LogP contribution >= 0.6 is 0 Å². The van der Waals surface area contributed by atoms with E-state index in [-0.39, 0.29) is 11.9 Å². The van der Waals surface area contributed by atoms with Gasteiger partial charge < -0.3 is 14.6 Å². The van der Waals surface area contributed by atoms with Crippen molar-refractivity contribution in [3.8, 4) is 0 Å². The van der Waals surface area contributed by atoms with Crippen molar-refractivity contribution in [1.82, 2.24) is 9.88 Å². The maximum atomic E-state index is 12.8. The van der Waals surface area contributed by atoms with E-state index >= 15 is 0 Å². The van der Waals surface area contributed by atoms with E-state index in [0.717, 1.165) is 5.56 Å². The molecule has 5 heteroatoms. The molecule has 1 amide bonds. The van der Waals surface area contributed by atoms with Gasteiger partial charge in [0.1, 0.15) is 5.69 Å². The van der Waals surface area contributed by atoms with Crippen LogP contribution in [0.2, 0.25) is 0 Å². The number of aromatic amines is 1. The molecule has 23 heavy (non-hydrogen) atoms. The van der Waals surface area contributed by atoms with E-state index < -0.39 is 5.97 Å². The lowest BCUT2D eigenvalue weighted by atomic mass is 10.1. The van der Waals surface area contributed by atoms with Crippen molar-refractivity contribution in [2.45, 2.75) is 26.8 Å². The first-order valence-electron chi connectivity index (χ1n) is 7.48. The molecule has 0 aliphatic heterocycles. The molecule has 0 spiro atoms. The van der Waals surface area contributed by atoms with Crippen molar-refractivity contribution >= 4 is 11.9 Å². The number of nitrogens with one attached hydrogen (secondary N) is 1. The number of H-pyrrole nitrogens is 1. The van der Waals surface area contributed by atoms with Crippen LogP contribution in [0.1, 0.15) is 50.6 Å². The highest BCUT2D eigenvalue weighted by molar-refractivity contribution is 6.00. The molecule has 0 saturated carbocycles. The molecule has 1 N–H and O–H groups in total. The fourth-order valence-electron chi connectivity index (χ4n) is 2.68. The minimum atomic E-state index is -0.436. The van der Waals surface area contributed by atoms with Gasteiger partial charge in [0.25, 0.3) is 5.91 Å². The Labute approximate surface area is 136 Å². The van der Waals surface area contributed by atoms with Crippen LogP contribution in [0.15, 0.2) is 30.3 Å². The summed E-state index contributed by atoms with van der Waals surface area (Å²) >= 11 is 0. The van der Waals surface area contributed by atoms with Gasteiger partial charge in [-0.15, -0.1) is 0 Å². The average Bonchev–Trinajstić information content (AvgIpc) is 2.87. The van der Waals surface area contributed by atoms with Crippen molar-refractivity contribution in [3.05, 3.63) is 58.4 Å². The Bertz CT molecular complexity index is 719. The molecule has 1 aromatic carbocycles. The van der Waals surface area contributed by atoms with Gasteiger partial charge in [-0.1, -0.05) is 30.3 Å². The molecule has 0 saturated heterocycles. The van der Waals surface area contributed by atoms with Gasteiger partial charge in [0.05, 0.1) is 18.7 Å². The fourth-order valence-corrected chi connectivity index (χ4v) is 2.68. The first-order chi connectivity index (χ1) is 10.9. The molecule has 0 radical (unpaired) electrons. The van der Waals surface area contributed by atoms with Crippen LogP contribution in [0.25, 0.3) is 0 Å². The molecule has 2 aromatic rings. The number of carbonyl (C=O) groups excluding carboxylic acids is 2. The van der Waals surface area contributed by atoms with Crippen molar-refractivity contribution in [3.63, 3.8) is 0 Å². The predicted octanol–water partition coefficient (Wildman–Crippen LogP) is 3.25. The number of amides is 1. The van der Waals surface area contributed by atoms with Gasteiger partial charge in [-0.2, -0.15) is 0 Å². The number of carbonyl (C=O) groups is 2. The second-order valence-electron chi connectivity index (χ2n) is 5.62. The zero-order chi connectivity index (χ0) is 17.1. The number of benzene rings is 1. The van der Waals surface area contributed by atoms with Crippen LogP contribution in [0.3, 0.4) is 0 Å². The largest absolute Gasteiger partial charge is 0.465 e. The summed E-state index contributed by atoms with van der Waals surface area (Å²) in [6.07, 6.45) is 0. The normalized spacial score (nSPS) is 11.9. The quantitative estimate of drug-likeness (QED) is 0.881. The Morgan fingerprint density at radius 1 is 1.17 bits per heavy atom. The Hall–Kier alpha value is -2.56. The van der Waals surface area contributed by atoms with Crippen LogP contribution < -0.4 is 0 Å². The van der Waals surface area contributed by atoms with E-state index in [0.29, 0.717) is 22.5 Å². The van der Waals surface area contributed by atoms with Crippen LogP contribution in [0.5, 0.6) is 0 Å². The molecule has 0 aliphatic carbocycles. The molecule has 0 aliphatic rings. The standard InChI is InChI=1S/C18H22N2O3/c1-11-15(18(22)23-5)12(2)19-16(11)17(21)20(4)13(3)14-9-7-6-8-10-14/h6-10,13,19H,1-5H3/t13-/m0/s1. The predicted molar refractivity (Wildman–Crippen MR) is 88.6 cm³/mol. The van der Waals surface area contributed by atoms with Gasteiger partial charge in [-0.3, -0.25) is 4.79 Å². The maximum Gasteiger partial charge on any atom is 0.339 e. The van der Waals surface area contributed by atoms with Gasteiger partial charge in [0, 0.05) is 12.7 Å². The molecule has 0 unspecified atom stereocenters. The number of ether oxygens (including phenoxy) is 1. The third-order valence-corrected chi connectivity index (χ3v) is 4.22. The summed E-state index contributed by atoms with van der Waals surface area (Å²) in [5, 5.41) is 0. The molecule has 5 nitrogen and oxygen atoms in total. The molecule has 1 atom stereocenters. The highest BCUT2D eigenvalue weighted by Gasteiger charge is 2.26. The minimum absolute atomic E-state index is 0.0757. The number of rotatable bonds is 4. The van der Waals surface area contributed by atoms with Crippen molar-refractivity contribution < 1.29 is 14.3 Å². The van der Waals surface area contributed by atoms with E-state index in [1.165, 1.54) is 7.11 Å². The van der Waals surface area contributed by atoms with Crippen LogP contribution in [0.4, 0.5) is 0 Å². The Balaban J connectivity index is 2.32. The summed E-state index contributed by atoms with van der Waals surface area (Å²) in [4.78, 5) is 29.3. The van der Waals surface area contributed by atoms with Crippen molar-refractivity contribution in [2.24, 2.45) is 0 Å². The molecule has 1 aromatic heterocycles. The van der Waals surface area contributed by atoms with Crippen LogP contribution in [-0.4, -0.2) is 35.9 Å². The second-order valence-corrected chi connectivity index (χ2v) is 5.62. The van der Waals surface area contributed by atoms with Gasteiger partial charge >= 0.3 is 5.97 Å². The number of aryl methyl sites for hydroxylation is 1. The zero-order valence-electron chi connectivity index (χ0n) is 14.1. The molecular weight excluding hydrogens is 292 g/mol. The smallest absolute Gasteiger partial charge is 0.339 e. The summed E-state index contributed by atoms with van der Waals surface area (Å²) < 4.78 is 4.78. The summed E-state index contributed by atoms with van der Waals surface area (Å²) in [6, 6.07) is 9.74. The SMILES string of the molecule is COC(=O)c1c(C)[nH]c(C(=O)N(C)[C@@H](C)c2ccccc2)c1C. The topological polar surface area (TPSA) is 62.4 Å². The van der Waals surface area contributed by atoms with Gasteiger partial charge in [-0.25, -0.2) is 4.79 Å². The average molecular weight is 314 g/mol. The highest BCUT2D eigenvalue weighted by atomic mass is 16.5. The minimum Gasteiger partial charge on any atom is -0.465 e. The van der Waals surface area contributed by atoms with E-state index in [2.05, 4.69) is 4.98 Å². The van der Waals surface area contributed by atoms with E-state index in [1.54, 1.807) is 25.8 Å². The van der Waals surface area contributed by atoms with E-state index in [9.17, 15) is 9.59 Å². The first kappa shape index (κ1) is 16.8. The fraction of sp³-hybridized carbons (Fsp3) is 0.333. The Morgan fingerprint density at radius 3 is 2.35 bits per heavy atom. The summed E-state index contributed by atoms with van der Waals surface area (Å²) in [7, 11) is 3.09. The van der Waals surface area contributed by atoms with Gasteiger partial charge in [0.15, 0.2) is 0 Å². The summed E-state index contributed by atoms with van der Waals surface area (Å²) in [5.41, 5.74) is 3.16. The number of hydrogen-bond acceptors (Lipinski definition) is 3. The summed E-state index contributed by atoms with van der Waals surface area (Å²) in [5.74, 6) is -0.592. The van der Waals surface area contributed by atoms with E-state index in [4.69, 9.17) is 4.74 Å². The number of esters is 1. The monoisotopic (exact) mass is 314 g/mol. The van der Waals surface area contributed by atoms with Gasteiger partial charge in [0.2, 0.25) is 0 Å². The number of nitrogens with zero attached hydrogens (tertiary/aromatic N) is 1. The lowest BCUT2D eigenvalue weighted by molar-refractivity contribution is 0.0599. The van der Waals surface area contributed by atoms with Crippen molar-refractivity contribution in [1.29, 1.82) is 0 Å². The number of methoxy groups -OCH3 is 1. The third-order valence-electron chi connectivity index (χ3n) is 4.22. The molecule has 0 fully saturated rings. The molecule has 1 heterocycles. The molecule has 122 valence electrons. The Kier molecular flexibility index (Phi) is 4.89.